The van der Waals surface area contributed by atoms with Crippen LogP contribution in [0.15, 0.2) is 23.4 Å². The monoisotopic (exact) mass is 388 g/mol. The number of nitrogens with one attached hydrogen (secondary N) is 2. The van der Waals surface area contributed by atoms with E-state index in [1.54, 1.807) is 4.68 Å². The maximum Gasteiger partial charge on any atom is 0.333 e. The van der Waals surface area contributed by atoms with Crippen molar-refractivity contribution in [2.75, 3.05) is 5.32 Å². The van der Waals surface area contributed by atoms with Gasteiger partial charge in [0.25, 0.3) is 10.0 Å². The third-order valence-electron chi connectivity index (χ3n) is 5.36. The third kappa shape index (κ3) is 3.34. The molecule has 0 saturated carbocycles. The van der Waals surface area contributed by atoms with Gasteiger partial charge in [-0.1, -0.05) is 6.07 Å². The van der Waals surface area contributed by atoms with Gasteiger partial charge in [-0.15, -0.1) is 0 Å². The Morgan fingerprint density at radius 1 is 1.11 bits per heavy atom. The van der Waals surface area contributed by atoms with E-state index in [1.807, 2.05) is 13.8 Å². The summed E-state index contributed by atoms with van der Waals surface area (Å²) in [6, 6.07) is 1.59. The fourth-order valence-electron chi connectivity index (χ4n) is 4.03. The van der Waals surface area contributed by atoms with E-state index < -0.39 is 16.1 Å². The fraction of sp³-hybridized carbons (Fsp3) is 0.474. The Labute approximate surface area is 159 Å². The molecule has 27 heavy (non-hydrogen) atoms. The lowest BCUT2D eigenvalue weighted by atomic mass is 9.99. The largest absolute Gasteiger partial charge is 0.333 e. The van der Waals surface area contributed by atoms with Gasteiger partial charge in [-0.3, -0.25) is 4.68 Å². The van der Waals surface area contributed by atoms with Crippen molar-refractivity contribution in [2.45, 2.75) is 63.3 Å². The van der Waals surface area contributed by atoms with Crippen LogP contribution in [0.2, 0.25) is 0 Å². The molecule has 0 spiro atoms. The standard InChI is InChI=1S/C19H24N4O3S/c1-12(2)23-11-15(10-20-23)27(25,26)22-19(24)21-18-16-7-3-5-13(16)9-14-6-4-8-17(14)18/h9-12H,3-8H2,1-2H3,(H2,21,22,24). The summed E-state index contributed by atoms with van der Waals surface area (Å²) in [5, 5.41) is 6.88. The van der Waals surface area contributed by atoms with Gasteiger partial charge in [-0.05, 0) is 74.6 Å². The van der Waals surface area contributed by atoms with E-state index in [-0.39, 0.29) is 10.9 Å². The molecule has 144 valence electrons. The first-order valence-corrected chi connectivity index (χ1v) is 10.9. The Bertz CT molecular complexity index is 976. The number of sulfonamides is 1. The lowest BCUT2D eigenvalue weighted by molar-refractivity contribution is 0.256. The molecule has 2 aliphatic carbocycles. The predicted octanol–water partition coefficient (Wildman–Crippen LogP) is 2.95. The van der Waals surface area contributed by atoms with Gasteiger partial charge in [0.2, 0.25) is 0 Å². The highest BCUT2D eigenvalue weighted by atomic mass is 32.2. The van der Waals surface area contributed by atoms with Gasteiger partial charge < -0.3 is 5.32 Å². The zero-order valence-corrected chi connectivity index (χ0v) is 16.4. The quantitative estimate of drug-likeness (QED) is 0.842. The molecule has 0 unspecified atom stereocenters. The van der Waals surface area contributed by atoms with E-state index in [9.17, 15) is 13.2 Å². The van der Waals surface area contributed by atoms with Crippen LogP contribution in [-0.2, 0) is 35.7 Å². The van der Waals surface area contributed by atoms with Crippen LogP contribution in [-0.4, -0.2) is 24.2 Å². The van der Waals surface area contributed by atoms with E-state index in [2.05, 4.69) is 21.2 Å². The highest BCUT2D eigenvalue weighted by Gasteiger charge is 2.26. The van der Waals surface area contributed by atoms with Crippen molar-refractivity contribution >= 4 is 21.7 Å². The predicted molar refractivity (Wildman–Crippen MR) is 102 cm³/mol. The number of fused-ring (bicyclic) bond motifs is 2. The van der Waals surface area contributed by atoms with Gasteiger partial charge in [0.1, 0.15) is 4.90 Å². The minimum Gasteiger partial charge on any atom is -0.307 e. The molecule has 0 radical (unpaired) electrons. The minimum atomic E-state index is -3.97. The van der Waals surface area contributed by atoms with Crippen LogP contribution in [0.1, 0.15) is 55.0 Å². The molecule has 1 heterocycles. The van der Waals surface area contributed by atoms with Gasteiger partial charge in [0, 0.05) is 17.9 Å². The summed E-state index contributed by atoms with van der Waals surface area (Å²) in [6.07, 6.45) is 8.71. The molecular formula is C19H24N4O3S. The highest BCUT2D eigenvalue weighted by Crippen LogP contribution is 2.38. The number of anilines is 1. The number of aryl methyl sites for hydroxylation is 2. The van der Waals surface area contributed by atoms with Crippen molar-refractivity contribution in [3.8, 4) is 0 Å². The van der Waals surface area contributed by atoms with Gasteiger partial charge in [-0.25, -0.2) is 17.9 Å². The van der Waals surface area contributed by atoms with E-state index in [0.29, 0.717) is 0 Å². The van der Waals surface area contributed by atoms with Crippen LogP contribution < -0.4 is 10.0 Å². The first-order valence-electron chi connectivity index (χ1n) is 9.39. The molecule has 0 atom stereocenters. The Morgan fingerprint density at radius 3 is 2.30 bits per heavy atom. The lowest BCUT2D eigenvalue weighted by Crippen LogP contribution is -2.34. The van der Waals surface area contributed by atoms with Crippen LogP contribution in [0.25, 0.3) is 0 Å². The van der Waals surface area contributed by atoms with E-state index in [1.165, 1.54) is 23.5 Å². The topological polar surface area (TPSA) is 93.1 Å². The second kappa shape index (κ2) is 6.67. The van der Waals surface area contributed by atoms with Crippen LogP contribution in [0.3, 0.4) is 0 Å². The van der Waals surface area contributed by atoms with Gasteiger partial charge >= 0.3 is 6.03 Å². The molecule has 0 fully saturated rings. The van der Waals surface area contributed by atoms with Crippen molar-refractivity contribution in [3.63, 3.8) is 0 Å². The SMILES string of the molecule is CC(C)n1cc(S(=O)(=O)NC(=O)Nc2c3c(cc4c2CCC4)CCC3)cn1. The van der Waals surface area contributed by atoms with Gasteiger partial charge in [-0.2, -0.15) is 5.10 Å². The summed E-state index contributed by atoms with van der Waals surface area (Å²) in [4.78, 5) is 12.5. The summed E-state index contributed by atoms with van der Waals surface area (Å²) in [7, 11) is -3.97. The number of rotatable bonds is 4. The molecular weight excluding hydrogens is 364 g/mol. The summed E-state index contributed by atoms with van der Waals surface area (Å²) >= 11 is 0. The first-order chi connectivity index (χ1) is 12.8. The number of aromatic nitrogens is 2. The molecule has 7 nitrogen and oxygen atoms in total. The Morgan fingerprint density at radius 2 is 1.74 bits per heavy atom. The maximum atomic E-state index is 12.5. The number of amides is 2. The first kappa shape index (κ1) is 18.0. The smallest absolute Gasteiger partial charge is 0.307 e. The maximum absolute atomic E-state index is 12.5. The number of urea groups is 1. The van der Waals surface area contributed by atoms with Crippen molar-refractivity contribution in [1.82, 2.24) is 14.5 Å². The zero-order valence-electron chi connectivity index (χ0n) is 15.6. The summed E-state index contributed by atoms with van der Waals surface area (Å²) in [5.74, 6) is 0. The average molecular weight is 388 g/mol. The van der Waals surface area contributed by atoms with E-state index in [0.717, 1.165) is 55.3 Å². The summed E-state index contributed by atoms with van der Waals surface area (Å²) in [6.45, 7) is 3.81. The Kier molecular flexibility index (Phi) is 4.46. The van der Waals surface area contributed by atoms with Crippen LogP contribution in [0.4, 0.5) is 10.5 Å². The normalized spacial score (nSPS) is 15.7. The zero-order chi connectivity index (χ0) is 19.2. The van der Waals surface area contributed by atoms with Gasteiger partial charge in [0.05, 0.1) is 6.20 Å². The highest BCUT2D eigenvalue weighted by molar-refractivity contribution is 7.90. The van der Waals surface area contributed by atoms with Crippen molar-refractivity contribution < 1.29 is 13.2 Å². The fourth-order valence-corrected chi connectivity index (χ4v) is 4.87. The summed E-state index contributed by atoms with van der Waals surface area (Å²) < 4.78 is 28.7. The molecule has 0 bridgehead atoms. The molecule has 0 saturated heterocycles. The third-order valence-corrected chi connectivity index (χ3v) is 6.64. The van der Waals surface area contributed by atoms with E-state index >= 15 is 0 Å². The number of benzene rings is 1. The number of carbonyl (C=O) groups excluding carboxylic acids is 1. The second-order valence-electron chi connectivity index (χ2n) is 7.54. The number of hydrogen-bond donors (Lipinski definition) is 2. The molecule has 8 heteroatoms. The molecule has 0 aliphatic heterocycles. The van der Waals surface area contributed by atoms with Crippen LogP contribution >= 0.6 is 0 Å². The Balaban J connectivity index is 1.57. The molecule has 2 amide bonds. The number of hydrogen-bond acceptors (Lipinski definition) is 4. The number of nitrogens with zero attached hydrogens (tertiary/aromatic N) is 2. The van der Waals surface area contributed by atoms with Gasteiger partial charge in [0.15, 0.2) is 0 Å². The molecule has 4 rings (SSSR count). The molecule has 2 N–H and O–H groups in total. The Hall–Kier alpha value is -2.35. The molecule has 1 aromatic carbocycles. The van der Waals surface area contributed by atoms with Crippen LogP contribution in [0.5, 0.6) is 0 Å². The van der Waals surface area contributed by atoms with Crippen LogP contribution in [0, 0.1) is 0 Å². The second-order valence-corrected chi connectivity index (χ2v) is 9.23. The lowest BCUT2D eigenvalue weighted by Gasteiger charge is -2.16. The van der Waals surface area contributed by atoms with Crippen molar-refractivity contribution in [1.29, 1.82) is 0 Å². The summed E-state index contributed by atoms with van der Waals surface area (Å²) in [5.41, 5.74) is 5.72. The van der Waals surface area contributed by atoms with E-state index in [4.69, 9.17) is 0 Å². The number of carbonyl (C=O) groups is 1. The average Bonchev–Trinajstić information content (AvgIpc) is 3.34. The molecule has 2 aliphatic rings. The minimum absolute atomic E-state index is 0.0186. The molecule has 2 aromatic rings. The molecule has 1 aromatic heterocycles. The van der Waals surface area contributed by atoms with Crippen molar-refractivity contribution in [2.24, 2.45) is 0 Å². The van der Waals surface area contributed by atoms with Crippen molar-refractivity contribution in [3.05, 3.63) is 40.7 Å².